The summed E-state index contributed by atoms with van der Waals surface area (Å²) < 4.78 is 14.3. The zero-order chi connectivity index (χ0) is 24.4. The third-order valence-corrected chi connectivity index (χ3v) is 7.00. The van der Waals surface area contributed by atoms with E-state index in [0.29, 0.717) is 28.3 Å². The Kier molecular flexibility index (Phi) is 6.86. The zero-order valence-corrected chi connectivity index (χ0v) is 20.1. The summed E-state index contributed by atoms with van der Waals surface area (Å²) in [5.41, 5.74) is 16.0. The summed E-state index contributed by atoms with van der Waals surface area (Å²) in [7, 11) is 4.19. The molecule has 0 spiro atoms. The molecule has 34 heavy (non-hydrogen) atoms. The van der Waals surface area contributed by atoms with Crippen LogP contribution in [0.25, 0.3) is 5.57 Å². The molecule has 0 radical (unpaired) electrons. The number of carbonyl (C=O) groups excluding carboxylic acids is 1. The maximum Gasteiger partial charge on any atom is 0.249 e. The van der Waals surface area contributed by atoms with Crippen molar-refractivity contribution in [1.29, 1.82) is 0 Å². The number of nitrogens with one attached hydrogen (secondary N) is 2. The van der Waals surface area contributed by atoms with Crippen LogP contribution in [-0.4, -0.2) is 42.0 Å². The molecule has 8 heteroatoms. The van der Waals surface area contributed by atoms with E-state index in [1.165, 1.54) is 44.0 Å². The fourth-order valence-corrected chi connectivity index (χ4v) is 5.53. The van der Waals surface area contributed by atoms with Crippen LogP contribution in [0.15, 0.2) is 59.8 Å². The van der Waals surface area contributed by atoms with E-state index >= 15 is 0 Å². The highest BCUT2D eigenvalue weighted by atomic mass is 19.1. The molecule has 1 aliphatic carbocycles. The number of dihydropyridines is 1. The molecule has 7 nitrogen and oxygen atoms in total. The first-order valence-electron chi connectivity index (χ1n) is 11.9. The minimum absolute atomic E-state index is 0.151. The third kappa shape index (κ3) is 4.62. The van der Waals surface area contributed by atoms with Crippen LogP contribution < -0.4 is 22.1 Å². The maximum atomic E-state index is 14.3. The first-order chi connectivity index (χ1) is 16.3. The second kappa shape index (κ2) is 9.83. The molecule has 0 bridgehead atoms. The number of nitrogens with two attached hydrogens (primary N) is 2. The van der Waals surface area contributed by atoms with Gasteiger partial charge in [-0.25, -0.2) is 4.39 Å². The number of carbonyl (C=O) groups is 1. The Bertz CT molecular complexity index is 1070. The number of hydrogen-bond donors (Lipinski definition) is 4. The number of hydrogen-bond acceptors (Lipinski definition) is 6. The fraction of sp³-hybridized carbons (Fsp3) is 0.423. The predicted molar refractivity (Wildman–Crippen MR) is 133 cm³/mol. The fourth-order valence-electron chi connectivity index (χ4n) is 5.53. The molecule has 2 heterocycles. The molecule has 2 unspecified atom stereocenters. The summed E-state index contributed by atoms with van der Waals surface area (Å²) in [5, 5.41) is 6.20. The first kappa shape index (κ1) is 23.7. The second-order valence-electron chi connectivity index (χ2n) is 9.46. The van der Waals surface area contributed by atoms with Gasteiger partial charge in [-0.05, 0) is 78.9 Å². The lowest BCUT2D eigenvalue weighted by Gasteiger charge is -2.35. The topological polar surface area (TPSA) is 99.6 Å². The van der Waals surface area contributed by atoms with Crippen LogP contribution in [0.4, 0.5) is 4.39 Å². The van der Waals surface area contributed by atoms with E-state index in [-0.39, 0.29) is 18.6 Å². The Balaban J connectivity index is 1.49. The van der Waals surface area contributed by atoms with Gasteiger partial charge in [0.1, 0.15) is 18.0 Å². The lowest BCUT2D eigenvalue weighted by atomic mass is 10.0. The normalized spacial score (nSPS) is 23.4. The van der Waals surface area contributed by atoms with Crippen LogP contribution in [0.1, 0.15) is 43.7 Å². The van der Waals surface area contributed by atoms with Crippen molar-refractivity contribution in [2.75, 3.05) is 14.1 Å². The number of halogens is 1. The van der Waals surface area contributed by atoms with Crippen molar-refractivity contribution >= 4 is 11.5 Å². The zero-order valence-electron chi connectivity index (χ0n) is 20.1. The summed E-state index contributed by atoms with van der Waals surface area (Å²) in [6.07, 6.45) is 12.2. The SMILES string of the molecule is C/C(N)=C/C(=C\N)c1cc(F)cc(CNC(=O)C2NC=CC3=C2N(C)C(C2CCCC2)N3C)c1. The van der Waals surface area contributed by atoms with Crippen molar-refractivity contribution in [2.45, 2.75) is 51.4 Å². The van der Waals surface area contributed by atoms with E-state index in [2.05, 4.69) is 34.5 Å². The van der Waals surface area contributed by atoms with E-state index < -0.39 is 11.9 Å². The average Bonchev–Trinajstić information content (AvgIpc) is 3.42. The third-order valence-electron chi connectivity index (χ3n) is 7.00. The summed E-state index contributed by atoms with van der Waals surface area (Å²) in [5.74, 6) is 0.0474. The van der Waals surface area contributed by atoms with Crippen LogP contribution in [0.3, 0.4) is 0 Å². The van der Waals surface area contributed by atoms with Crippen molar-refractivity contribution in [3.63, 3.8) is 0 Å². The molecule has 6 N–H and O–H groups in total. The first-order valence-corrected chi connectivity index (χ1v) is 11.9. The number of benzene rings is 1. The number of allylic oxidation sites excluding steroid dienone is 4. The molecule has 2 aliphatic heterocycles. The van der Waals surface area contributed by atoms with E-state index in [0.717, 1.165) is 11.4 Å². The molecular weight excluding hydrogens is 431 g/mol. The Morgan fingerprint density at radius 3 is 2.65 bits per heavy atom. The van der Waals surface area contributed by atoms with E-state index in [1.54, 1.807) is 13.0 Å². The molecular formula is C26H35FN6O. The highest BCUT2D eigenvalue weighted by Crippen LogP contribution is 2.40. The van der Waals surface area contributed by atoms with Gasteiger partial charge in [-0.3, -0.25) is 4.79 Å². The van der Waals surface area contributed by atoms with E-state index in [9.17, 15) is 9.18 Å². The molecule has 1 saturated carbocycles. The Morgan fingerprint density at radius 2 is 1.97 bits per heavy atom. The Labute approximate surface area is 201 Å². The minimum atomic E-state index is -0.505. The number of rotatable bonds is 6. The van der Waals surface area contributed by atoms with E-state index in [4.69, 9.17) is 11.5 Å². The maximum absolute atomic E-state index is 14.3. The second-order valence-corrected chi connectivity index (χ2v) is 9.46. The van der Waals surface area contributed by atoms with Crippen LogP contribution in [0, 0.1) is 11.7 Å². The monoisotopic (exact) mass is 466 g/mol. The molecule has 1 aromatic rings. The molecule has 1 amide bonds. The van der Waals surface area contributed by atoms with Gasteiger partial charge >= 0.3 is 0 Å². The van der Waals surface area contributed by atoms with Crippen LogP contribution in [-0.2, 0) is 11.3 Å². The van der Waals surface area contributed by atoms with Gasteiger partial charge in [0, 0.05) is 32.5 Å². The van der Waals surface area contributed by atoms with Gasteiger partial charge in [0.15, 0.2) is 0 Å². The molecule has 2 atom stereocenters. The highest BCUT2D eigenvalue weighted by Gasteiger charge is 2.43. The molecule has 1 fully saturated rings. The van der Waals surface area contributed by atoms with Gasteiger partial charge in [-0.2, -0.15) is 0 Å². The summed E-state index contributed by atoms with van der Waals surface area (Å²) >= 11 is 0. The number of likely N-dealkylation sites (N-methyl/N-ethyl adjacent to an activating group) is 2. The molecule has 0 aromatic heterocycles. The lowest BCUT2D eigenvalue weighted by molar-refractivity contribution is -0.122. The molecule has 182 valence electrons. The van der Waals surface area contributed by atoms with Crippen LogP contribution in [0.5, 0.6) is 0 Å². The summed E-state index contributed by atoms with van der Waals surface area (Å²) in [6, 6.07) is 4.13. The van der Waals surface area contributed by atoms with Crippen molar-refractivity contribution in [1.82, 2.24) is 20.4 Å². The van der Waals surface area contributed by atoms with Gasteiger partial charge < -0.3 is 31.9 Å². The average molecular weight is 467 g/mol. The van der Waals surface area contributed by atoms with Crippen molar-refractivity contribution < 1.29 is 9.18 Å². The quantitative estimate of drug-likeness (QED) is 0.481. The van der Waals surface area contributed by atoms with E-state index in [1.807, 2.05) is 18.3 Å². The largest absolute Gasteiger partial charge is 0.404 e. The van der Waals surface area contributed by atoms with Crippen molar-refractivity contribution in [3.05, 3.63) is 76.8 Å². The summed E-state index contributed by atoms with van der Waals surface area (Å²) in [6.45, 7) is 1.94. The van der Waals surface area contributed by atoms with Crippen molar-refractivity contribution in [2.24, 2.45) is 17.4 Å². The standard InChI is InChI=1S/C26H35FN6O/c1-16(29)10-20(14-28)19-11-17(12-21(27)13-19)15-31-25(34)23-24-22(8-9-30-23)32(2)26(33(24)3)18-6-4-5-7-18/h8-14,18,23,26,30H,4-7,15,28-29H2,1-3H3,(H,31,34)/b16-10-,20-14+. The van der Waals surface area contributed by atoms with Gasteiger partial charge in [0.05, 0.1) is 11.4 Å². The van der Waals surface area contributed by atoms with Gasteiger partial charge in [-0.15, -0.1) is 0 Å². The predicted octanol–water partition coefficient (Wildman–Crippen LogP) is 2.69. The van der Waals surface area contributed by atoms with Crippen LogP contribution >= 0.6 is 0 Å². The Hall–Kier alpha value is -3.42. The molecule has 4 rings (SSSR count). The van der Waals surface area contributed by atoms with Gasteiger partial charge in [0.25, 0.3) is 0 Å². The van der Waals surface area contributed by atoms with Gasteiger partial charge in [0.2, 0.25) is 5.91 Å². The van der Waals surface area contributed by atoms with Crippen molar-refractivity contribution in [3.8, 4) is 0 Å². The van der Waals surface area contributed by atoms with Gasteiger partial charge in [-0.1, -0.05) is 12.8 Å². The molecule has 1 aromatic carbocycles. The molecule has 0 saturated heterocycles. The number of nitrogens with zero attached hydrogens (tertiary/aromatic N) is 2. The number of amides is 1. The van der Waals surface area contributed by atoms with Crippen LogP contribution in [0.2, 0.25) is 0 Å². The Morgan fingerprint density at radius 1 is 1.24 bits per heavy atom. The smallest absolute Gasteiger partial charge is 0.249 e. The minimum Gasteiger partial charge on any atom is -0.404 e. The highest BCUT2D eigenvalue weighted by molar-refractivity contribution is 5.86. The molecule has 3 aliphatic rings. The summed E-state index contributed by atoms with van der Waals surface area (Å²) in [4.78, 5) is 17.8. The lowest BCUT2D eigenvalue weighted by Crippen LogP contribution is -2.49.